The Morgan fingerprint density at radius 2 is 1.92 bits per heavy atom. The second-order valence-electron chi connectivity index (χ2n) is 4.90. The lowest BCUT2D eigenvalue weighted by Crippen LogP contribution is -2.15. The van der Waals surface area contributed by atoms with Crippen LogP contribution >= 0.6 is 11.6 Å². The van der Waals surface area contributed by atoms with Gasteiger partial charge in [-0.2, -0.15) is 0 Å². The highest BCUT2D eigenvalue weighted by Crippen LogP contribution is 2.25. The quantitative estimate of drug-likeness (QED) is 0.810. The number of rotatable bonds is 5. The van der Waals surface area contributed by atoms with E-state index in [-0.39, 0.29) is 23.6 Å². The zero-order valence-electron chi connectivity index (χ0n) is 13.1. The van der Waals surface area contributed by atoms with Crippen LogP contribution in [0.3, 0.4) is 0 Å². The van der Waals surface area contributed by atoms with Crippen LogP contribution in [-0.4, -0.2) is 31.2 Å². The molecule has 0 unspecified atom stereocenters. The van der Waals surface area contributed by atoms with Crippen LogP contribution in [0.1, 0.15) is 15.9 Å². The highest BCUT2D eigenvalue weighted by molar-refractivity contribution is 6.30. The Morgan fingerprint density at radius 1 is 1.17 bits per heavy atom. The molecule has 6 nitrogen and oxygen atoms in total. The highest BCUT2D eigenvalue weighted by Gasteiger charge is 2.15. The SMILES string of the molecule is COC(=O)c1cc(NC(=O)Cc2cc(Cl)ccc2O)ccc1OC. The van der Waals surface area contributed by atoms with Crippen molar-refractivity contribution in [3.05, 3.63) is 52.5 Å². The maximum Gasteiger partial charge on any atom is 0.341 e. The molecule has 0 aliphatic heterocycles. The topological polar surface area (TPSA) is 84.9 Å². The third kappa shape index (κ3) is 4.17. The smallest absolute Gasteiger partial charge is 0.341 e. The normalized spacial score (nSPS) is 10.1. The largest absolute Gasteiger partial charge is 0.508 e. The van der Waals surface area contributed by atoms with E-state index in [2.05, 4.69) is 10.1 Å². The molecule has 126 valence electrons. The zero-order valence-corrected chi connectivity index (χ0v) is 13.9. The van der Waals surface area contributed by atoms with Crippen molar-refractivity contribution in [1.82, 2.24) is 0 Å². The van der Waals surface area contributed by atoms with Crippen LogP contribution in [0, 0.1) is 0 Å². The number of hydrogen-bond donors (Lipinski definition) is 2. The van der Waals surface area contributed by atoms with Crippen LogP contribution < -0.4 is 10.1 Å². The summed E-state index contributed by atoms with van der Waals surface area (Å²) in [5, 5.41) is 12.8. The summed E-state index contributed by atoms with van der Waals surface area (Å²) >= 11 is 5.86. The third-order valence-electron chi connectivity index (χ3n) is 3.28. The molecule has 0 saturated carbocycles. The van der Waals surface area contributed by atoms with Gasteiger partial charge in [-0.05, 0) is 36.4 Å². The molecule has 0 spiro atoms. The van der Waals surface area contributed by atoms with E-state index in [0.717, 1.165) is 0 Å². The number of esters is 1. The Balaban J connectivity index is 2.17. The molecule has 0 heterocycles. The molecule has 0 aliphatic carbocycles. The first-order valence-corrected chi connectivity index (χ1v) is 7.36. The Morgan fingerprint density at radius 3 is 2.58 bits per heavy atom. The van der Waals surface area contributed by atoms with Crippen molar-refractivity contribution in [1.29, 1.82) is 0 Å². The minimum absolute atomic E-state index is 0.0143. The molecule has 0 aliphatic rings. The first-order chi connectivity index (χ1) is 11.4. The van der Waals surface area contributed by atoms with E-state index in [1.807, 2.05) is 0 Å². The van der Waals surface area contributed by atoms with Crippen molar-refractivity contribution >= 4 is 29.2 Å². The van der Waals surface area contributed by atoms with Crippen molar-refractivity contribution in [2.24, 2.45) is 0 Å². The van der Waals surface area contributed by atoms with Crippen LogP contribution in [0.5, 0.6) is 11.5 Å². The van der Waals surface area contributed by atoms with Gasteiger partial charge in [-0.15, -0.1) is 0 Å². The van der Waals surface area contributed by atoms with E-state index >= 15 is 0 Å². The second-order valence-corrected chi connectivity index (χ2v) is 5.34. The summed E-state index contributed by atoms with van der Waals surface area (Å²) < 4.78 is 9.78. The summed E-state index contributed by atoms with van der Waals surface area (Å²) in [6, 6.07) is 9.09. The van der Waals surface area contributed by atoms with E-state index in [4.69, 9.17) is 16.3 Å². The lowest BCUT2D eigenvalue weighted by atomic mass is 10.1. The van der Waals surface area contributed by atoms with E-state index < -0.39 is 5.97 Å². The number of halogens is 1. The molecular formula is C17H16ClNO5. The van der Waals surface area contributed by atoms with Crippen LogP contribution in [0.4, 0.5) is 5.69 Å². The predicted molar refractivity (Wildman–Crippen MR) is 89.8 cm³/mol. The minimum atomic E-state index is -0.574. The van der Waals surface area contributed by atoms with E-state index in [1.165, 1.54) is 38.5 Å². The molecular weight excluding hydrogens is 334 g/mol. The number of nitrogens with one attached hydrogen (secondary N) is 1. The van der Waals surface area contributed by atoms with E-state index in [0.29, 0.717) is 22.0 Å². The summed E-state index contributed by atoms with van der Waals surface area (Å²) in [6.45, 7) is 0. The van der Waals surface area contributed by atoms with Crippen molar-refractivity contribution in [2.45, 2.75) is 6.42 Å². The average Bonchev–Trinajstić information content (AvgIpc) is 2.57. The number of anilines is 1. The first kappa shape index (κ1) is 17.6. The average molecular weight is 350 g/mol. The molecule has 2 aromatic carbocycles. The van der Waals surface area contributed by atoms with Crippen molar-refractivity contribution in [2.75, 3.05) is 19.5 Å². The summed E-state index contributed by atoms with van der Waals surface area (Å²) in [4.78, 5) is 23.9. The van der Waals surface area contributed by atoms with E-state index in [1.54, 1.807) is 12.1 Å². The number of benzene rings is 2. The molecule has 24 heavy (non-hydrogen) atoms. The molecule has 0 radical (unpaired) electrons. The number of carbonyl (C=O) groups is 2. The molecule has 7 heteroatoms. The van der Waals surface area contributed by atoms with Gasteiger partial charge >= 0.3 is 5.97 Å². The lowest BCUT2D eigenvalue weighted by molar-refractivity contribution is -0.115. The fraction of sp³-hybridized carbons (Fsp3) is 0.176. The summed E-state index contributed by atoms with van der Waals surface area (Å²) in [5.74, 6) is -0.615. The van der Waals surface area contributed by atoms with Gasteiger partial charge in [-0.3, -0.25) is 4.79 Å². The molecule has 2 aromatic rings. The number of methoxy groups -OCH3 is 2. The summed E-state index contributed by atoms with van der Waals surface area (Å²) in [6.07, 6.45) is -0.0635. The highest BCUT2D eigenvalue weighted by atomic mass is 35.5. The molecule has 0 atom stereocenters. The van der Waals surface area contributed by atoms with Crippen LogP contribution in [0.2, 0.25) is 5.02 Å². The monoisotopic (exact) mass is 349 g/mol. The zero-order chi connectivity index (χ0) is 17.7. The maximum absolute atomic E-state index is 12.1. The molecule has 0 bridgehead atoms. The molecule has 0 fully saturated rings. The number of aromatic hydroxyl groups is 1. The summed E-state index contributed by atoms with van der Waals surface area (Å²) in [7, 11) is 2.69. The Labute approximate surface area is 144 Å². The molecule has 0 aromatic heterocycles. The van der Waals surface area contributed by atoms with Gasteiger partial charge in [-0.1, -0.05) is 11.6 Å². The lowest BCUT2D eigenvalue weighted by Gasteiger charge is -2.11. The van der Waals surface area contributed by atoms with Gasteiger partial charge in [0.2, 0.25) is 5.91 Å². The van der Waals surface area contributed by atoms with Crippen LogP contribution in [-0.2, 0) is 16.0 Å². The van der Waals surface area contributed by atoms with E-state index in [9.17, 15) is 14.7 Å². The number of amides is 1. The van der Waals surface area contributed by atoms with Gasteiger partial charge in [0.1, 0.15) is 17.1 Å². The molecule has 2 N–H and O–H groups in total. The van der Waals surface area contributed by atoms with Crippen LogP contribution in [0.25, 0.3) is 0 Å². The Kier molecular flexibility index (Phi) is 5.65. The number of hydrogen-bond acceptors (Lipinski definition) is 5. The van der Waals surface area contributed by atoms with Gasteiger partial charge in [0.25, 0.3) is 0 Å². The maximum atomic E-state index is 12.1. The number of carbonyl (C=O) groups excluding carboxylic acids is 2. The molecule has 2 rings (SSSR count). The number of phenolic OH excluding ortho intramolecular Hbond substituents is 1. The standard InChI is InChI=1S/C17H16ClNO5/c1-23-15-6-4-12(9-13(15)17(22)24-2)19-16(21)8-10-7-11(18)3-5-14(10)20/h3-7,9,20H,8H2,1-2H3,(H,19,21). The Hall–Kier alpha value is -2.73. The molecule has 1 amide bonds. The van der Waals surface area contributed by atoms with Gasteiger partial charge in [0, 0.05) is 16.3 Å². The van der Waals surface area contributed by atoms with Crippen molar-refractivity contribution in [3.8, 4) is 11.5 Å². The Bertz CT molecular complexity index is 776. The fourth-order valence-electron chi connectivity index (χ4n) is 2.13. The minimum Gasteiger partial charge on any atom is -0.508 e. The van der Waals surface area contributed by atoms with Crippen LogP contribution in [0.15, 0.2) is 36.4 Å². The van der Waals surface area contributed by atoms with Gasteiger partial charge < -0.3 is 19.9 Å². The summed E-state index contributed by atoms with van der Waals surface area (Å²) in [5.41, 5.74) is 1.01. The third-order valence-corrected chi connectivity index (χ3v) is 3.52. The predicted octanol–water partition coefficient (Wildman–Crippen LogP) is 3.02. The molecule has 0 saturated heterocycles. The van der Waals surface area contributed by atoms with Crippen molar-refractivity contribution in [3.63, 3.8) is 0 Å². The van der Waals surface area contributed by atoms with Crippen molar-refractivity contribution < 1.29 is 24.2 Å². The van der Waals surface area contributed by atoms with Gasteiger partial charge in [0.15, 0.2) is 0 Å². The second kappa shape index (κ2) is 7.70. The number of phenols is 1. The van der Waals surface area contributed by atoms with Gasteiger partial charge in [-0.25, -0.2) is 4.79 Å². The fourth-order valence-corrected chi connectivity index (χ4v) is 2.32. The number of ether oxygens (including phenoxy) is 2. The van der Waals surface area contributed by atoms with Gasteiger partial charge in [0.05, 0.1) is 20.6 Å². The first-order valence-electron chi connectivity index (χ1n) is 6.98.